The van der Waals surface area contributed by atoms with E-state index in [2.05, 4.69) is 16.0 Å². The Labute approximate surface area is 706 Å². The van der Waals surface area contributed by atoms with Crippen molar-refractivity contribution >= 4 is 47.4 Å². The molecule has 0 unspecified atom stereocenters. The van der Waals surface area contributed by atoms with Gasteiger partial charge in [-0.05, 0) is 101 Å². The highest BCUT2D eigenvalue weighted by atomic mass is 19.2. The Morgan fingerprint density at radius 3 is 1.15 bits per heavy atom. The number of aromatic hydroxyl groups is 1. The number of amides is 6. The van der Waals surface area contributed by atoms with Gasteiger partial charge in [0.1, 0.15) is 77.0 Å². The number of pyridine rings is 4. The molecule has 8 atom stereocenters. The predicted molar refractivity (Wildman–Crippen MR) is 439 cm³/mol. The molecule has 652 valence electrons. The number of ether oxygens (including phenoxy) is 4. The molecular weight excluding hydrogens is 1620 g/mol. The molecule has 4 aliphatic carbocycles. The summed E-state index contributed by atoms with van der Waals surface area (Å²) in [5, 5.41) is 27.4. The number of carbonyl (C=O) groups is 8. The number of nitrogens with one attached hydrogen (secondary N) is 3. The van der Waals surface area contributed by atoms with E-state index in [1.165, 1.54) is 34.3 Å². The Kier molecular flexibility index (Phi) is 27.4. The monoisotopic (exact) mass is 1710 g/mol. The summed E-state index contributed by atoms with van der Waals surface area (Å²) in [5.41, 5.74) is -2.96. The average molecular weight is 1720 g/mol. The van der Waals surface area contributed by atoms with Crippen LogP contribution in [0.15, 0.2) is 159 Å². The number of halogens is 6. The van der Waals surface area contributed by atoms with Crippen molar-refractivity contribution in [2.45, 2.75) is 180 Å². The summed E-state index contributed by atoms with van der Waals surface area (Å²) in [4.78, 5) is 158. The molecule has 4 aromatic heterocycles. The minimum absolute atomic E-state index is 0. The molecular formula is C90H92F6N10O18. The van der Waals surface area contributed by atoms with E-state index in [1.54, 1.807) is 75.8 Å². The maximum absolute atomic E-state index is 14.1. The number of esters is 1. The number of rotatable bonds is 18. The van der Waals surface area contributed by atoms with E-state index in [9.17, 15) is 94.1 Å². The van der Waals surface area contributed by atoms with Gasteiger partial charge in [0.2, 0.25) is 21.7 Å². The smallest absolute Gasteiger partial charge is 0.343 e. The fraction of sp³-hybridized carbons (Fsp3) is 0.356. The Morgan fingerprint density at radius 1 is 0.427 bits per heavy atom. The summed E-state index contributed by atoms with van der Waals surface area (Å²) in [7, 11) is 5.02. The van der Waals surface area contributed by atoms with Gasteiger partial charge in [0.25, 0.3) is 35.4 Å². The van der Waals surface area contributed by atoms with Crippen molar-refractivity contribution in [3.8, 4) is 23.0 Å². The van der Waals surface area contributed by atoms with Crippen LogP contribution in [0, 0.1) is 34.9 Å². The van der Waals surface area contributed by atoms with Crippen LogP contribution in [0.25, 0.3) is 0 Å². The molecule has 9 aromatic rings. The first-order valence-corrected chi connectivity index (χ1v) is 39.8. The van der Waals surface area contributed by atoms with Crippen molar-refractivity contribution in [2.24, 2.45) is 0 Å². The van der Waals surface area contributed by atoms with E-state index < -0.39 is 122 Å². The van der Waals surface area contributed by atoms with Crippen LogP contribution in [0.4, 0.5) is 26.3 Å². The Balaban J connectivity index is 0.000000151. The number of hydrogen-bond acceptors (Lipinski definition) is 17. The predicted octanol–water partition coefficient (Wildman–Crippen LogP) is 12.1. The van der Waals surface area contributed by atoms with E-state index in [-0.39, 0.29) is 164 Å². The molecule has 6 amide bonds. The normalized spacial score (nSPS) is 19.5. The lowest BCUT2D eigenvalue weighted by atomic mass is 10.0. The van der Waals surface area contributed by atoms with Gasteiger partial charge in [0, 0.05) is 100 Å². The third-order valence-electron chi connectivity index (χ3n) is 23.6. The maximum atomic E-state index is 14.1. The summed E-state index contributed by atoms with van der Waals surface area (Å²) in [6.45, 7) is 0.797. The second-order valence-corrected chi connectivity index (χ2v) is 30.8. The molecule has 34 heteroatoms. The molecule has 4 fully saturated rings. The zero-order valence-corrected chi connectivity index (χ0v) is 66.5. The van der Waals surface area contributed by atoms with E-state index in [4.69, 9.17) is 18.9 Å². The standard InChI is InChI=1S/C27H24F3N3O4.C21H22N2O5.C20H18F3N3O4.C20H20N2O5.2CH4/c1-32-21-8-5-9-22(21)33-13-18(26(35)31-12-17-19(29)10-16(28)11-20(17)30)24(34)25(23(33)27(32)36)37-14-15-6-3-2-4-7-15;1-2-27-21(26)14-11-23-16-10-6-9-15(16)22-20(25)17(23)19(18(14)24)28-12-13-7-4-3-5-8-13;1-25-14-3-2-4-15(14)26-8-11(17(27)18(28)16(26)20(25)30)19(29)24-7-10-12(22)5-9(21)6-13(10)23;1-21-14-8-5-9-15(14)22-10-13(20(25)26)17(23)18(16(22)19(21)24)27-11-12-6-3-2-4-7-12;;/h2-4,6-7,10-11,13,21-22H,5,8-9,12,14H2,1H3,(H,31,35);3-5,7-8,11,15-16H,2,6,9-10,12H2,1H3,(H,22,25);5-6,8,14-15,28H,2-4,7H2,1H3,(H,24,29);2-4,6-7,10,14-15H,5,8-9,11H2,1H3,(H,25,26);2*1H4/t21-,22+;15-,16+;2*14-,15+;;/m0000../s1. The SMILES string of the molecule is C.C.CCOC(=O)c1cn2c(c(OCc3ccccc3)c1=O)C(=O)N[C@H]1CCC[C@H]12.CN1C(=O)c2c(O)c(=O)c(C(=O)NCc3c(F)cc(F)cc3F)cn2[C@@H]2CCC[C@@H]21.CN1C(=O)c2c(OCc3ccccc3)c(=O)c(C(=O)NCc3c(F)cc(F)cc3F)cn2[C@@H]2CCC[C@@H]21.CN1C(=O)c2c(OCc3ccccc3)c(=O)c(C(=O)O)cn2[C@@H]2CCC[C@@H]21. The third kappa shape index (κ3) is 17.6. The van der Waals surface area contributed by atoms with Gasteiger partial charge in [-0.25, -0.2) is 35.9 Å². The molecule has 0 saturated heterocycles. The molecule has 124 heavy (non-hydrogen) atoms. The largest absolute Gasteiger partial charge is 0.503 e. The molecule has 5 aromatic carbocycles. The fourth-order valence-electron chi connectivity index (χ4n) is 17.5. The molecule has 0 bridgehead atoms. The van der Waals surface area contributed by atoms with E-state index in [0.717, 1.165) is 87.3 Å². The molecule has 28 nitrogen and oxygen atoms in total. The minimum atomic E-state index is -1.32. The van der Waals surface area contributed by atoms with Gasteiger partial charge < -0.3 is 78.1 Å². The van der Waals surface area contributed by atoms with Gasteiger partial charge in [0.15, 0.2) is 45.8 Å². The number of carboxylic acid groups (broad SMARTS) is 1. The van der Waals surface area contributed by atoms with Gasteiger partial charge in [-0.3, -0.25) is 47.9 Å². The zero-order chi connectivity index (χ0) is 86.8. The molecule has 4 saturated carbocycles. The number of aromatic nitrogens is 4. The first-order valence-electron chi connectivity index (χ1n) is 39.8. The summed E-state index contributed by atoms with van der Waals surface area (Å²) in [6.07, 6.45) is 15.3. The number of likely N-dealkylation sites (N-methyl/N-ethyl adjacent to an activating group) is 3. The highest BCUT2D eigenvalue weighted by molar-refractivity contribution is 6.02. The van der Waals surface area contributed by atoms with Crippen LogP contribution in [-0.4, -0.2) is 142 Å². The third-order valence-corrected chi connectivity index (χ3v) is 23.6. The van der Waals surface area contributed by atoms with Crippen molar-refractivity contribution in [3.63, 3.8) is 0 Å². The van der Waals surface area contributed by atoms with Gasteiger partial charge in [0.05, 0.1) is 48.9 Å². The number of aromatic carboxylic acids is 1. The van der Waals surface area contributed by atoms with Gasteiger partial charge >= 0.3 is 11.9 Å². The van der Waals surface area contributed by atoms with E-state index in [1.807, 2.05) is 66.7 Å². The van der Waals surface area contributed by atoms with Crippen LogP contribution < -0.4 is 51.9 Å². The molecule has 4 aliphatic heterocycles. The number of nitrogens with zero attached hydrogens (tertiary/aromatic N) is 7. The lowest BCUT2D eigenvalue weighted by molar-refractivity contribution is 0.0519. The van der Waals surface area contributed by atoms with Crippen LogP contribution in [0.3, 0.4) is 0 Å². The molecule has 0 radical (unpaired) electrons. The summed E-state index contributed by atoms with van der Waals surface area (Å²) in [5.74, 6) is -13.7. The van der Waals surface area contributed by atoms with Gasteiger partial charge in [-0.1, -0.05) is 106 Å². The number of hydrogen-bond donors (Lipinski definition) is 5. The molecule has 8 heterocycles. The lowest BCUT2D eigenvalue weighted by Crippen LogP contribution is -2.48. The summed E-state index contributed by atoms with van der Waals surface area (Å²) in [6, 6.07) is 29.0. The van der Waals surface area contributed by atoms with E-state index in [0.29, 0.717) is 30.7 Å². The van der Waals surface area contributed by atoms with Crippen molar-refractivity contribution in [3.05, 3.63) is 289 Å². The van der Waals surface area contributed by atoms with Crippen molar-refractivity contribution in [1.29, 1.82) is 0 Å². The van der Waals surface area contributed by atoms with Crippen LogP contribution in [0.5, 0.6) is 23.0 Å². The van der Waals surface area contributed by atoms with Crippen molar-refractivity contribution < 1.29 is 93.9 Å². The van der Waals surface area contributed by atoms with Gasteiger partial charge in [-0.15, -0.1) is 0 Å². The zero-order valence-electron chi connectivity index (χ0n) is 66.5. The number of carbonyl (C=O) groups excluding carboxylic acids is 7. The number of benzene rings is 5. The molecule has 5 N–H and O–H groups in total. The topological polar surface area (TPSA) is 348 Å². The van der Waals surface area contributed by atoms with Crippen molar-refractivity contribution in [1.82, 2.24) is 48.9 Å². The van der Waals surface area contributed by atoms with E-state index >= 15 is 0 Å². The first-order chi connectivity index (χ1) is 58.5. The number of carboxylic acids is 1. The average Bonchev–Trinajstić information content (AvgIpc) is 1.13. The molecule has 0 spiro atoms. The van der Waals surface area contributed by atoms with Crippen LogP contribution in [-0.2, 0) is 37.6 Å². The molecule has 8 aliphatic rings. The highest BCUT2D eigenvalue weighted by Crippen LogP contribution is 2.44. The Hall–Kier alpha value is -13.6. The molecule has 17 rings (SSSR count). The lowest BCUT2D eigenvalue weighted by Gasteiger charge is -2.38. The summed E-state index contributed by atoms with van der Waals surface area (Å²) < 4.78 is 111. The highest BCUT2D eigenvalue weighted by Gasteiger charge is 2.47. The van der Waals surface area contributed by atoms with Crippen LogP contribution in [0.2, 0.25) is 0 Å². The minimum Gasteiger partial charge on any atom is -0.503 e. The van der Waals surface area contributed by atoms with Crippen LogP contribution in [0.1, 0.15) is 234 Å². The second-order valence-electron chi connectivity index (χ2n) is 30.8. The quantitative estimate of drug-likeness (QED) is 0.0393. The fourth-order valence-corrected chi connectivity index (χ4v) is 17.5. The number of fused-ring (bicyclic) bond motifs is 12. The maximum Gasteiger partial charge on any atom is 0.343 e. The Bertz CT molecular complexity index is 5880. The van der Waals surface area contributed by atoms with Gasteiger partial charge in [-0.2, -0.15) is 0 Å². The Morgan fingerprint density at radius 2 is 0.750 bits per heavy atom. The summed E-state index contributed by atoms with van der Waals surface area (Å²) >= 11 is 0. The second kappa shape index (κ2) is 37.8. The van der Waals surface area contributed by atoms with Crippen molar-refractivity contribution in [2.75, 3.05) is 27.7 Å². The first kappa shape index (κ1) is 89.7. The van der Waals surface area contributed by atoms with Crippen LogP contribution >= 0.6 is 0 Å².